The minimum Gasteiger partial charge on any atom is -0.465 e. The van der Waals surface area contributed by atoms with E-state index in [-0.39, 0.29) is 5.56 Å². The number of ether oxygens (including phenoxy) is 1. The third-order valence-corrected chi connectivity index (χ3v) is 2.28. The number of aromatic amines is 1. The number of esters is 1. The second kappa shape index (κ2) is 3.80. The van der Waals surface area contributed by atoms with E-state index in [1.54, 1.807) is 0 Å². The van der Waals surface area contributed by atoms with Crippen molar-refractivity contribution in [3.8, 4) is 0 Å². The number of aromatic nitrogens is 3. The zero-order chi connectivity index (χ0) is 11.7. The number of H-pyrrole nitrogens is 1. The van der Waals surface area contributed by atoms with Gasteiger partial charge in [0.15, 0.2) is 0 Å². The predicted octanol–water partition coefficient (Wildman–Crippen LogP) is 0.372. The molecule has 0 spiro atoms. The lowest BCUT2D eigenvalue weighted by molar-refractivity contribution is 0.0601. The van der Waals surface area contributed by atoms with Crippen LogP contribution in [-0.2, 0) is 11.2 Å². The van der Waals surface area contributed by atoms with Crippen molar-refractivity contribution in [2.24, 2.45) is 0 Å². The van der Waals surface area contributed by atoms with Gasteiger partial charge >= 0.3 is 5.97 Å². The van der Waals surface area contributed by atoms with Gasteiger partial charge in [-0.2, -0.15) is 5.10 Å². The third-order valence-electron chi connectivity index (χ3n) is 2.28. The SMILES string of the molecule is CCc1nn2cc(C(=O)OC)cc2c(=O)[nH]1. The fraction of sp³-hybridized carbons (Fsp3) is 0.300. The number of hydrogen-bond donors (Lipinski definition) is 1. The molecule has 2 aromatic heterocycles. The zero-order valence-electron chi connectivity index (χ0n) is 8.98. The predicted molar refractivity (Wildman–Crippen MR) is 56.5 cm³/mol. The van der Waals surface area contributed by atoms with Crippen LogP contribution in [0, 0.1) is 0 Å². The third kappa shape index (κ3) is 1.58. The highest BCUT2D eigenvalue weighted by Gasteiger charge is 2.11. The number of carbonyl (C=O) groups excluding carboxylic acids is 1. The maximum absolute atomic E-state index is 11.6. The summed E-state index contributed by atoms with van der Waals surface area (Å²) in [6, 6.07) is 1.46. The number of fused-ring (bicyclic) bond motifs is 1. The summed E-state index contributed by atoms with van der Waals surface area (Å²) in [6.45, 7) is 1.88. The Labute approximate surface area is 90.9 Å². The van der Waals surface area contributed by atoms with Gasteiger partial charge in [0.2, 0.25) is 0 Å². The molecule has 1 N–H and O–H groups in total. The molecule has 2 heterocycles. The van der Waals surface area contributed by atoms with E-state index in [1.807, 2.05) is 6.92 Å². The van der Waals surface area contributed by atoms with Crippen LogP contribution in [0.1, 0.15) is 23.1 Å². The van der Waals surface area contributed by atoms with Crippen LogP contribution < -0.4 is 5.56 Å². The van der Waals surface area contributed by atoms with Gasteiger partial charge in [0.05, 0.1) is 12.7 Å². The molecule has 6 nitrogen and oxygen atoms in total. The fourth-order valence-electron chi connectivity index (χ4n) is 1.44. The molecule has 0 saturated carbocycles. The van der Waals surface area contributed by atoms with E-state index >= 15 is 0 Å². The number of methoxy groups -OCH3 is 1. The first-order valence-corrected chi connectivity index (χ1v) is 4.85. The summed E-state index contributed by atoms with van der Waals surface area (Å²) in [7, 11) is 1.29. The second-order valence-electron chi connectivity index (χ2n) is 3.30. The maximum atomic E-state index is 11.6. The molecule has 0 aliphatic heterocycles. The van der Waals surface area contributed by atoms with Gasteiger partial charge in [0, 0.05) is 12.6 Å². The molecule has 6 heteroatoms. The van der Waals surface area contributed by atoms with Crippen LogP contribution in [0.5, 0.6) is 0 Å². The van der Waals surface area contributed by atoms with Crippen molar-refractivity contribution in [1.29, 1.82) is 0 Å². The number of hydrogen-bond acceptors (Lipinski definition) is 4. The Kier molecular flexibility index (Phi) is 2.47. The van der Waals surface area contributed by atoms with Gasteiger partial charge in [-0.25, -0.2) is 9.31 Å². The molecule has 0 bridgehead atoms. The molecule has 0 aromatic carbocycles. The number of rotatable bonds is 2. The van der Waals surface area contributed by atoms with Crippen molar-refractivity contribution < 1.29 is 9.53 Å². The minimum absolute atomic E-state index is 0.262. The summed E-state index contributed by atoms with van der Waals surface area (Å²) in [5, 5.41) is 4.15. The van der Waals surface area contributed by atoms with Crippen LogP contribution in [0.4, 0.5) is 0 Å². The molecule has 0 unspecified atom stereocenters. The van der Waals surface area contributed by atoms with Crippen molar-refractivity contribution >= 4 is 11.5 Å². The van der Waals surface area contributed by atoms with E-state index in [9.17, 15) is 9.59 Å². The van der Waals surface area contributed by atoms with E-state index in [1.165, 1.54) is 23.9 Å². The Hall–Kier alpha value is -2.11. The first kappa shape index (κ1) is 10.4. The molecular formula is C10H11N3O3. The highest BCUT2D eigenvalue weighted by Crippen LogP contribution is 2.06. The normalized spacial score (nSPS) is 10.6. The molecule has 16 heavy (non-hydrogen) atoms. The molecular weight excluding hydrogens is 210 g/mol. The van der Waals surface area contributed by atoms with Crippen molar-refractivity contribution in [2.45, 2.75) is 13.3 Å². The van der Waals surface area contributed by atoms with E-state index in [4.69, 9.17) is 0 Å². The molecule has 0 amide bonds. The summed E-state index contributed by atoms with van der Waals surface area (Å²) in [5.74, 6) is 0.0902. The van der Waals surface area contributed by atoms with Gasteiger partial charge in [-0.15, -0.1) is 0 Å². The largest absolute Gasteiger partial charge is 0.465 e. The van der Waals surface area contributed by atoms with Gasteiger partial charge in [-0.1, -0.05) is 6.92 Å². The summed E-state index contributed by atoms with van der Waals surface area (Å²) in [6.07, 6.45) is 2.10. The lowest BCUT2D eigenvalue weighted by atomic mass is 10.3. The summed E-state index contributed by atoms with van der Waals surface area (Å²) >= 11 is 0. The maximum Gasteiger partial charge on any atom is 0.339 e. The van der Waals surface area contributed by atoms with Crippen LogP contribution in [0.15, 0.2) is 17.1 Å². The molecule has 0 atom stereocenters. The molecule has 2 rings (SSSR count). The topological polar surface area (TPSA) is 76.5 Å². The molecule has 0 fully saturated rings. The van der Waals surface area contributed by atoms with Crippen LogP contribution in [0.3, 0.4) is 0 Å². The van der Waals surface area contributed by atoms with Gasteiger partial charge in [-0.3, -0.25) is 4.79 Å². The van der Waals surface area contributed by atoms with Crippen LogP contribution >= 0.6 is 0 Å². The van der Waals surface area contributed by atoms with Crippen molar-refractivity contribution in [2.75, 3.05) is 7.11 Å². The smallest absolute Gasteiger partial charge is 0.339 e. The minimum atomic E-state index is -0.483. The van der Waals surface area contributed by atoms with E-state index in [0.29, 0.717) is 23.3 Å². The highest BCUT2D eigenvalue weighted by molar-refractivity contribution is 5.90. The standard InChI is InChI=1S/C10H11N3O3/c1-3-8-11-9(14)7-4-6(10(15)16-2)5-13(7)12-8/h4-5H,3H2,1-2H3,(H,11,12,14). The Morgan fingerprint density at radius 1 is 1.62 bits per heavy atom. The summed E-state index contributed by atoms with van der Waals surface area (Å²) in [4.78, 5) is 25.5. The Morgan fingerprint density at radius 2 is 2.38 bits per heavy atom. The number of carbonyl (C=O) groups is 1. The van der Waals surface area contributed by atoms with E-state index in [2.05, 4.69) is 14.8 Å². The molecule has 0 aliphatic rings. The molecule has 0 saturated heterocycles. The Bertz CT molecular complexity index is 597. The van der Waals surface area contributed by atoms with Crippen LogP contribution in [0.2, 0.25) is 0 Å². The summed E-state index contributed by atoms with van der Waals surface area (Å²) < 4.78 is 5.96. The van der Waals surface area contributed by atoms with Crippen molar-refractivity contribution in [1.82, 2.24) is 14.6 Å². The van der Waals surface area contributed by atoms with Crippen LogP contribution in [-0.4, -0.2) is 27.7 Å². The average molecular weight is 221 g/mol. The van der Waals surface area contributed by atoms with Crippen molar-refractivity contribution in [3.05, 3.63) is 34.0 Å². The van der Waals surface area contributed by atoms with Crippen molar-refractivity contribution in [3.63, 3.8) is 0 Å². The molecule has 84 valence electrons. The lowest BCUT2D eigenvalue weighted by Gasteiger charge is -1.96. The van der Waals surface area contributed by atoms with Gasteiger partial charge in [0.25, 0.3) is 5.56 Å². The first-order chi connectivity index (χ1) is 7.65. The molecule has 0 radical (unpaired) electrons. The second-order valence-corrected chi connectivity index (χ2v) is 3.30. The number of nitrogens with one attached hydrogen (secondary N) is 1. The average Bonchev–Trinajstić information content (AvgIpc) is 2.72. The first-order valence-electron chi connectivity index (χ1n) is 4.85. The Balaban J connectivity index is 2.66. The highest BCUT2D eigenvalue weighted by atomic mass is 16.5. The fourth-order valence-corrected chi connectivity index (χ4v) is 1.44. The van der Waals surface area contributed by atoms with Gasteiger partial charge in [0.1, 0.15) is 11.3 Å². The number of aryl methyl sites for hydroxylation is 1. The van der Waals surface area contributed by atoms with Crippen LogP contribution in [0.25, 0.3) is 5.52 Å². The molecule has 2 aromatic rings. The van der Waals surface area contributed by atoms with Gasteiger partial charge in [-0.05, 0) is 6.07 Å². The lowest BCUT2D eigenvalue weighted by Crippen LogP contribution is -2.14. The molecule has 0 aliphatic carbocycles. The van der Waals surface area contributed by atoms with Gasteiger partial charge < -0.3 is 9.72 Å². The monoisotopic (exact) mass is 221 g/mol. The number of nitrogens with zero attached hydrogens (tertiary/aromatic N) is 2. The van der Waals surface area contributed by atoms with E-state index in [0.717, 1.165) is 0 Å². The van der Waals surface area contributed by atoms with E-state index < -0.39 is 5.97 Å². The Morgan fingerprint density at radius 3 is 3.00 bits per heavy atom. The quantitative estimate of drug-likeness (QED) is 0.743. The zero-order valence-corrected chi connectivity index (χ0v) is 8.98. The summed E-state index contributed by atoms with van der Waals surface area (Å²) in [5.41, 5.74) is 0.383.